The van der Waals surface area contributed by atoms with Crippen LogP contribution in [0.4, 0.5) is 34.1 Å². The summed E-state index contributed by atoms with van der Waals surface area (Å²) in [5.41, 5.74) is 9.92. The van der Waals surface area contributed by atoms with Crippen molar-refractivity contribution >= 4 is 51.0 Å². The average molecular weight is 423 g/mol. The van der Waals surface area contributed by atoms with Crippen LogP contribution in [0.1, 0.15) is 11.1 Å². The van der Waals surface area contributed by atoms with Gasteiger partial charge in [0.25, 0.3) is 0 Å². The third-order valence-corrected chi connectivity index (χ3v) is 6.73. The minimum absolute atomic E-state index is 0.921. The molecule has 7 rings (SSSR count). The van der Waals surface area contributed by atoms with Gasteiger partial charge >= 0.3 is 0 Å². The Hall–Kier alpha value is -4.30. The summed E-state index contributed by atoms with van der Waals surface area (Å²) < 4.78 is 0. The zero-order valence-corrected chi connectivity index (χ0v) is 18.1. The Labute approximate surface area is 193 Å². The van der Waals surface area contributed by atoms with Crippen molar-refractivity contribution in [1.82, 2.24) is 0 Å². The molecule has 2 nitrogen and oxygen atoms in total. The summed E-state index contributed by atoms with van der Waals surface area (Å²) in [6.45, 7) is 0. The van der Waals surface area contributed by atoms with Crippen LogP contribution in [0.25, 0.3) is 16.8 Å². The summed E-state index contributed by atoms with van der Waals surface area (Å²) in [5.74, 6) is 0. The lowest BCUT2D eigenvalue weighted by molar-refractivity contribution is 1.14. The quantitative estimate of drug-likeness (QED) is 0.275. The predicted octanol–water partition coefficient (Wildman–Crippen LogP) is 8.66. The van der Waals surface area contributed by atoms with Crippen LogP contribution in [0.3, 0.4) is 0 Å². The fraction of sp³-hybridized carbons (Fsp3) is 0.0323. The van der Waals surface area contributed by atoms with E-state index in [0.717, 1.165) is 6.42 Å². The van der Waals surface area contributed by atoms with Gasteiger partial charge in [0.1, 0.15) is 0 Å². The Morgan fingerprint density at radius 3 is 1.91 bits per heavy atom. The summed E-state index contributed by atoms with van der Waals surface area (Å²) >= 11 is 0. The Balaban J connectivity index is 1.64. The first kappa shape index (κ1) is 18.3. The van der Waals surface area contributed by atoms with E-state index in [-0.39, 0.29) is 0 Å². The molecule has 0 fully saturated rings. The summed E-state index contributed by atoms with van der Waals surface area (Å²) in [6, 6.07) is 39.2. The first-order valence-electron chi connectivity index (χ1n) is 11.4. The number of nitrogens with zero attached hydrogens (tertiary/aromatic N) is 2. The molecule has 156 valence electrons. The lowest BCUT2D eigenvalue weighted by Crippen LogP contribution is -2.25. The zero-order valence-electron chi connectivity index (χ0n) is 18.1. The molecule has 1 aliphatic carbocycles. The number of fused-ring (bicyclic) bond motifs is 3. The highest BCUT2D eigenvalue weighted by molar-refractivity contribution is 6.10. The molecule has 0 spiro atoms. The molecule has 0 atom stereocenters. The number of para-hydroxylation sites is 4. The molecular formula is C31H22N2. The van der Waals surface area contributed by atoms with E-state index < -0.39 is 0 Å². The number of hydrogen-bond donors (Lipinski definition) is 0. The molecule has 0 N–H and O–H groups in total. The molecule has 0 radical (unpaired) electrons. The number of allylic oxidation sites excluding steroid dienone is 1. The van der Waals surface area contributed by atoms with Crippen LogP contribution in [0.5, 0.6) is 0 Å². The average Bonchev–Trinajstić information content (AvgIpc) is 2.89. The van der Waals surface area contributed by atoms with E-state index in [1.54, 1.807) is 0 Å². The van der Waals surface area contributed by atoms with Crippen LogP contribution in [-0.2, 0) is 6.42 Å². The monoisotopic (exact) mass is 422 g/mol. The molecule has 33 heavy (non-hydrogen) atoms. The molecule has 2 aliphatic rings. The van der Waals surface area contributed by atoms with Crippen molar-refractivity contribution in [2.24, 2.45) is 0 Å². The lowest BCUT2D eigenvalue weighted by Gasteiger charge is -2.42. The van der Waals surface area contributed by atoms with Gasteiger partial charge in [0.05, 0.1) is 22.7 Å². The van der Waals surface area contributed by atoms with Crippen molar-refractivity contribution in [3.63, 3.8) is 0 Å². The van der Waals surface area contributed by atoms with Crippen molar-refractivity contribution in [2.75, 3.05) is 9.80 Å². The topological polar surface area (TPSA) is 6.48 Å². The Morgan fingerprint density at radius 2 is 1.18 bits per heavy atom. The maximum atomic E-state index is 2.45. The van der Waals surface area contributed by atoms with Crippen LogP contribution in [0.2, 0.25) is 0 Å². The summed E-state index contributed by atoms with van der Waals surface area (Å²) in [5, 5.41) is 2.66. The van der Waals surface area contributed by atoms with Crippen molar-refractivity contribution in [3.8, 4) is 0 Å². The molecule has 0 saturated carbocycles. The number of hydrogen-bond acceptors (Lipinski definition) is 2. The molecule has 1 heterocycles. The van der Waals surface area contributed by atoms with Crippen LogP contribution < -0.4 is 9.80 Å². The minimum atomic E-state index is 0.921. The van der Waals surface area contributed by atoms with Crippen molar-refractivity contribution in [1.29, 1.82) is 0 Å². The number of benzene rings is 5. The fourth-order valence-corrected chi connectivity index (χ4v) is 5.40. The van der Waals surface area contributed by atoms with E-state index in [2.05, 4.69) is 131 Å². The van der Waals surface area contributed by atoms with E-state index in [1.165, 1.54) is 56.0 Å². The van der Waals surface area contributed by atoms with Crippen LogP contribution in [0, 0.1) is 0 Å². The third-order valence-electron chi connectivity index (χ3n) is 6.73. The van der Waals surface area contributed by atoms with Gasteiger partial charge in [-0.2, -0.15) is 0 Å². The molecule has 0 aromatic heterocycles. The Morgan fingerprint density at radius 1 is 0.545 bits per heavy atom. The fourth-order valence-electron chi connectivity index (χ4n) is 5.40. The van der Waals surface area contributed by atoms with Gasteiger partial charge in [0, 0.05) is 11.4 Å². The minimum Gasteiger partial charge on any atom is -0.306 e. The van der Waals surface area contributed by atoms with Gasteiger partial charge in [-0.15, -0.1) is 0 Å². The van der Waals surface area contributed by atoms with Crippen LogP contribution in [-0.4, -0.2) is 0 Å². The third kappa shape index (κ3) is 2.68. The smallest absolute Gasteiger partial charge is 0.0745 e. The van der Waals surface area contributed by atoms with E-state index in [4.69, 9.17) is 0 Å². The largest absolute Gasteiger partial charge is 0.306 e. The molecule has 0 amide bonds. The second-order valence-electron chi connectivity index (χ2n) is 8.61. The molecule has 5 aromatic rings. The molecule has 1 aliphatic heterocycles. The normalized spacial score (nSPS) is 13.7. The highest BCUT2D eigenvalue weighted by Crippen LogP contribution is 2.57. The van der Waals surface area contributed by atoms with E-state index in [9.17, 15) is 0 Å². The van der Waals surface area contributed by atoms with Gasteiger partial charge in [0.15, 0.2) is 0 Å². The Bertz CT molecular complexity index is 1530. The standard InChI is InChI=1S/C31H22N2/c1-3-14-24(15-4-1)32-27-19-7-8-20-28(27)33(25-16-5-2-6-17-25)31-26-18-10-12-22-11-9-13-23(30(22)26)21-29(31)32/h1-17,19-21H,18H2. The van der Waals surface area contributed by atoms with Gasteiger partial charge in [-0.25, -0.2) is 0 Å². The van der Waals surface area contributed by atoms with Crippen molar-refractivity contribution in [2.45, 2.75) is 6.42 Å². The van der Waals surface area contributed by atoms with Gasteiger partial charge in [-0.3, -0.25) is 0 Å². The first-order valence-corrected chi connectivity index (χ1v) is 11.4. The first-order chi connectivity index (χ1) is 16.4. The Kier molecular flexibility index (Phi) is 3.94. The second kappa shape index (κ2) is 7.11. The van der Waals surface area contributed by atoms with Crippen molar-refractivity contribution < 1.29 is 0 Å². The molecule has 0 unspecified atom stereocenters. The molecule has 0 bridgehead atoms. The molecular weight excluding hydrogens is 400 g/mol. The summed E-state index contributed by atoms with van der Waals surface area (Å²) in [7, 11) is 0. The summed E-state index contributed by atoms with van der Waals surface area (Å²) in [4.78, 5) is 4.87. The zero-order chi connectivity index (χ0) is 21.8. The van der Waals surface area contributed by atoms with E-state index in [1.807, 2.05) is 0 Å². The van der Waals surface area contributed by atoms with Crippen LogP contribution >= 0.6 is 0 Å². The highest BCUT2D eigenvalue weighted by Gasteiger charge is 2.33. The summed E-state index contributed by atoms with van der Waals surface area (Å²) in [6.07, 6.45) is 5.49. The predicted molar refractivity (Wildman–Crippen MR) is 140 cm³/mol. The highest BCUT2D eigenvalue weighted by atomic mass is 15.3. The molecule has 5 aromatic carbocycles. The SMILES string of the molecule is C1=Cc2cccc3cc4c(c(c23)C1)N(c1ccccc1)c1ccccc1N4c1ccccc1. The molecule has 0 saturated heterocycles. The number of anilines is 6. The lowest BCUT2D eigenvalue weighted by atomic mass is 9.88. The van der Waals surface area contributed by atoms with Crippen LogP contribution in [0.15, 0.2) is 115 Å². The number of rotatable bonds is 2. The van der Waals surface area contributed by atoms with E-state index >= 15 is 0 Å². The maximum Gasteiger partial charge on any atom is 0.0745 e. The van der Waals surface area contributed by atoms with Gasteiger partial charge < -0.3 is 9.80 Å². The maximum absolute atomic E-state index is 2.45. The van der Waals surface area contributed by atoms with Crippen molar-refractivity contribution in [3.05, 3.63) is 126 Å². The second-order valence-corrected chi connectivity index (χ2v) is 8.61. The van der Waals surface area contributed by atoms with Gasteiger partial charge in [-0.1, -0.05) is 78.9 Å². The van der Waals surface area contributed by atoms with E-state index in [0.29, 0.717) is 0 Å². The van der Waals surface area contributed by atoms with Gasteiger partial charge in [0.2, 0.25) is 0 Å². The molecule has 2 heteroatoms. The van der Waals surface area contributed by atoms with Gasteiger partial charge in [-0.05, 0) is 70.8 Å².